The van der Waals surface area contributed by atoms with Gasteiger partial charge in [-0.05, 0) is 48.9 Å². The number of nitro groups is 2. The molecule has 12 heteroatoms. The molecule has 12 nitrogen and oxygen atoms in total. The Morgan fingerprint density at radius 3 is 2.55 bits per heavy atom. The number of rotatable bonds is 9. The summed E-state index contributed by atoms with van der Waals surface area (Å²) >= 11 is 0. The van der Waals surface area contributed by atoms with Crippen LogP contribution in [0.5, 0.6) is 17.2 Å². The molecule has 2 aromatic carbocycles. The second-order valence-corrected chi connectivity index (χ2v) is 6.35. The first kappa shape index (κ1) is 22.8. The Balaban J connectivity index is 1.81. The van der Waals surface area contributed by atoms with Gasteiger partial charge >= 0.3 is 5.69 Å². The van der Waals surface area contributed by atoms with Crippen molar-refractivity contribution in [1.82, 2.24) is 10.4 Å². The Kier molecular flexibility index (Phi) is 7.21. The number of carbonyl (C=O) groups excluding carboxylic acids is 1. The smallest absolute Gasteiger partial charge is 0.318 e. The largest absolute Gasteiger partial charge is 0.490 e. The number of hydrogen-bond acceptors (Lipinski definition) is 9. The molecule has 0 saturated carbocycles. The minimum Gasteiger partial charge on any atom is -0.490 e. The molecule has 0 aliphatic heterocycles. The van der Waals surface area contributed by atoms with E-state index in [1.165, 1.54) is 18.5 Å². The highest BCUT2D eigenvalue weighted by atomic mass is 16.6. The van der Waals surface area contributed by atoms with Crippen LogP contribution in [-0.4, -0.2) is 33.6 Å². The second-order valence-electron chi connectivity index (χ2n) is 6.35. The highest BCUT2D eigenvalue weighted by Crippen LogP contribution is 2.38. The van der Waals surface area contributed by atoms with Crippen LogP contribution < -0.4 is 14.9 Å². The highest BCUT2D eigenvalue weighted by molar-refractivity contribution is 5.94. The molecule has 168 valence electrons. The van der Waals surface area contributed by atoms with E-state index in [-0.39, 0.29) is 23.9 Å². The van der Waals surface area contributed by atoms with Gasteiger partial charge in [-0.15, -0.1) is 0 Å². The normalized spacial score (nSPS) is 10.6. The molecule has 0 bridgehead atoms. The quantitative estimate of drug-likeness (QED) is 0.292. The fraction of sp³-hybridized carbons (Fsp3) is 0.0952. The lowest BCUT2D eigenvalue weighted by Gasteiger charge is -2.12. The minimum absolute atomic E-state index is 0.158. The van der Waals surface area contributed by atoms with E-state index in [0.29, 0.717) is 11.1 Å². The Morgan fingerprint density at radius 2 is 1.88 bits per heavy atom. The van der Waals surface area contributed by atoms with E-state index in [1.54, 1.807) is 37.4 Å². The van der Waals surface area contributed by atoms with Crippen LogP contribution in [-0.2, 0) is 0 Å². The predicted octanol–water partition coefficient (Wildman–Crippen LogP) is 3.85. The second kappa shape index (κ2) is 10.4. The van der Waals surface area contributed by atoms with Crippen LogP contribution in [0.4, 0.5) is 11.4 Å². The lowest BCUT2D eigenvalue weighted by molar-refractivity contribution is -0.394. The number of hydrazone groups is 1. The van der Waals surface area contributed by atoms with Gasteiger partial charge in [-0.3, -0.25) is 30.0 Å². The number of nitrogens with zero attached hydrogens (tertiary/aromatic N) is 4. The maximum atomic E-state index is 12.0. The van der Waals surface area contributed by atoms with Crippen LogP contribution in [0.15, 0.2) is 66.0 Å². The van der Waals surface area contributed by atoms with E-state index in [0.717, 1.165) is 18.2 Å². The lowest BCUT2D eigenvalue weighted by atomic mass is 10.2. The van der Waals surface area contributed by atoms with Gasteiger partial charge in [0.15, 0.2) is 11.5 Å². The molecule has 0 aliphatic carbocycles. The van der Waals surface area contributed by atoms with Gasteiger partial charge in [0.25, 0.3) is 11.6 Å². The Morgan fingerprint density at radius 1 is 1.09 bits per heavy atom. The van der Waals surface area contributed by atoms with Crippen LogP contribution in [0.1, 0.15) is 22.8 Å². The fourth-order valence-corrected chi connectivity index (χ4v) is 2.65. The Bertz CT molecular complexity index is 1210. The van der Waals surface area contributed by atoms with E-state index in [2.05, 4.69) is 15.5 Å². The van der Waals surface area contributed by atoms with Gasteiger partial charge in [-0.1, -0.05) is 0 Å². The zero-order chi connectivity index (χ0) is 23.8. The summed E-state index contributed by atoms with van der Waals surface area (Å²) < 4.78 is 11.2. The van der Waals surface area contributed by atoms with Gasteiger partial charge in [0, 0.05) is 18.5 Å². The molecule has 0 saturated heterocycles. The molecule has 1 amide bonds. The summed E-state index contributed by atoms with van der Waals surface area (Å²) in [6.45, 7) is 2.02. The van der Waals surface area contributed by atoms with Crippen LogP contribution in [0, 0.1) is 20.2 Å². The molecular weight excluding hydrogens is 434 g/mol. The number of nitrogens with one attached hydrogen (secondary N) is 1. The molecule has 0 spiro atoms. The highest BCUT2D eigenvalue weighted by Gasteiger charge is 2.22. The van der Waals surface area contributed by atoms with Crippen molar-refractivity contribution in [3.63, 3.8) is 0 Å². The van der Waals surface area contributed by atoms with E-state index >= 15 is 0 Å². The van der Waals surface area contributed by atoms with Gasteiger partial charge in [0.2, 0.25) is 5.75 Å². The third-order valence-corrected chi connectivity index (χ3v) is 4.14. The number of benzene rings is 2. The summed E-state index contributed by atoms with van der Waals surface area (Å²) in [5.41, 5.74) is 2.28. The standard InChI is InChI=1S/C21H17N5O7/c1-2-32-20-10-14(12-23-24-21(27)15-4-3-9-22-13-15)5-7-19(20)33-18-8-6-16(25(28)29)11-17(18)26(30)31/h3-13H,2H2,1H3,(H,24,27)/b23-12+. The number of carbonyl (C=O) groups is 1. The van der Waals surface area contributed by atoms with E-state index in [9.17, 15) is 25.0 Å². The topological polar surface area (TPSA) is 159 Å². The summed E-state index contributed by atoms with van der Waals surface area (Å²) in [5.74, 6) is -0.204. The number of aromatic nitrogens is 1. The molecule has 0 radical (unpaired) electrons. The predicted molar refractivity (Wildman–Crippen MR) is 117 cm³/mol. The summed E-state index contributed by atoms with van der Waals surface area (Å²) in [7, 11) is 0. The van der Waals surface area contributed by atoms with Crippen molar-refractivity contribution in [2.24, 2.45) is 5.10 Å². The third kappa shape index (κ3) is 5.85. The van der Waals surface area contributed by atoms with E-state index in [4.69, 9.17) is 9.47 Å². The fourth-order valence-electron chi connectivity index (χ4n) is 2.65. The SMILES string of the molecule is CCOc1cc(/C=N/NC(=O)c2cccnc2)ccc1Oc1ccc([N+](=O)[O-])cc1[N+](=O)[O-]. The summed E-state index contributed by atoms with van der Waals surface area (Å²) in [6.07, 6.45) is 4.33. The number of ether oxygens (including phenoxy) is 2. The molecular formula is C21H17N5O7. The van der Waals surface area contributed by atoms with Crippen molar-refractivity contribution in [3.8, 4) is 17.2 Å². The average Bonchev–Trinajstić information content (AvgIpc) is 2.81. The van der Waals surface area contributed by atoms with Crippen molar-refractivity contribution in [1.29, 1.82) is 0 Å². The van der Waals surface area contributed by atoms with Crippen LogP contribution in [0.25, 0.3) is 0 Å². The van der Waals surface area contributed by atoms with Crippen molar-refractivity contribution < 1.29 is 24.1 Å². The van der Waals surface area contributed by atoms with Crippen molar-refractivity contribution in [3.05, 3.63) is 92.3 Å². The third-order valence-electron chi connectivity index (χ3n) is 4.14. The first-order valence-electron chi connectivity index (χ1n) is 9.50. The van der Waals surface area contributed by atoms with Gasteiger partial charge < -0.3 is 9.47 Å². The zero-order valence-corrected chi connectivity index (χ0v) is 17.2. The first-order chi connectivity index (χ1) is 15.9. The molecule has 0 fully saturated rings. The average molecular weight is 451 g/mol. The van der Waals surface area contributed by atoms with Crippen molar-refractivity contribution >= 4 is 23.5 Å². The summed E-state index contributed by atoms with van der Waals surface area (Å²) in [5, 5.41) is 26.1. The molecule has 33 heavy (non-hydrogen) atoms. The Labute approximate surface area is 186 Å². The molecule has 1 aromatic heterocycles. The molecule has 0 aliphatic rings. The van der Waals surface area contributed by atoms with Crippen molar-refractivity contribution in [2.75, 3.05) is 6.61 Å². The zero-order valence-electron chi connectivity index (χ0n) is 17.2. The molecule has 0 atom stereocenters. The molecule has 0 unspecified atom stereocenters. The van der Waals surface area contributed by atoms with Gasteiger partial charge in [-0.2, -0.15) is 5.10 Å². The number of amides is 1. The summed E-state index contributed by atoms with van der Waals surface area (Å²) in [4.78, 5) is 36.6. The molecule has 3 aromatic rings. The van der Waals surface area contributed by atoms with Crippen LogP contribution >= 0.6 is 0 Å². The number of nitro benzene ring substituents is 2. The molecule has 1 heterocycles. The first-order valence-corrected chi connectivity index (χ1v) is 9.50. The molecule has 3 rings (SSSR count). The van der Waals surface area contributed by atoms with Crippen LogP contribution in [0.3, 0.4) is 0 Å². The number of pyridine rings is 1. The van der Waals surface area contributed by atoms with E-state index in [1.807, 2.05) is 0 Å². The van der Waals surface area contributed by atoms with Gasteiger partial charge in [0.05, 0.1) is 34.3 Å². The monoisotopic (exact) mass is 451 g/mol. The summed E-state index contributed by atoms with van der Waals surface area (Å²) in [6, 6.07) is 11.0. The van der Waals surface area contributed by atoms with Gasteiger partial charge in [-0.25, -0.2) is 5.43 Å². The van der Waals surface area contributed by atoms with Crippen molar-refractivity contribution in [2.45, 2.75) is 6.92 Å². The maximum Gasteiger partial charge on any atom is 0.318 e. The number of hydrogen-bond donors (Lipinski definition) is 1. The van der Waals surface area contributed by atoms with Gasteiger partial charge in [0.1, 0.15) is 0 Å². The van der Waals surface area contributed by atoms with Crippen LogP contribution in [0.2, 0.25) is 0 Å². The Hall–Kier alpha value is -4.87. The maximum absolute atomic E-state index is 12.0. The minimum atomic E-state index is -0.769. The number of non-ortho nitro benzene ring substituents is 1. The van der Waals surface area contributed by atoms with E-state index < -0.39 is 27.1 Å². The molecule has 1 N–H and O–H groups in total. The lowest BCUT2D eigenvalue weighted by Crippen LogP contribution is -2.17.